The molecule has 2 rings (SSSR count). The number of nitrogens with one attached hydrogen (secondary N) is 1. The van der Waals surface area contributed by atoms with Crippen molar-refractivity contribution < 1.29 is 5.11 Å². The van der Waals surface area contributed by atoms with Crippen LogP contribution in [0.4, 0.5) is 0 Å². The van der Waals surface area contributed by atoms with Crippen LogP contribution in [0.15, 0.2) is 34.9 Å². The molecule has 1 unspecified atom stereocenters. The lowest BCUT2D eigenvalue weighted by Crippen LogP contribution is -2.38. The molecule has 2 heterocycles. The van der Waals surface area contributed by atoms with E-state index in [1.807, 2.05) is 25.8 Å². The first-order chi connectivity index (χ1) is 11.1. The minimum atomic E-state index is -0.637. The maximum absolute atomic E-state index is 10.2. The summed E-state index contributed by atoms with van der Waals surface area (Å²) in [5.41, 5.74) is 1.84. The first kappa shape index (κ1) is 20.8. The molecule has 8 heteroatoms. The van der Waals surface area contributed by atoms with Gasteiger partial charge in [0.15, 0.2) is 5.96 Å². The minimum Gasteiger partial charge on any atom is -0.386 e. The van der Waals surface area contributed by atoms with Gasteiger partial charge in [-0.05, 0) is 31.5 Å². The summed E-state index contributed by atoms with van der Waals surface area (Å²) < 4.78 is 0. The van der Waals surface area contributed by atoms with E-state index in [9.17, 15) is 5.11 Å². The van der Waals surface area contributed by atoms with Crippen molar-refractivity contribution >= 4 is 41.3 Å². The Labute approximate surface area is 164 Å². The Morgan fingerprint density at radius 3 is 2.71 bits per heavy atom. The Bertz CT molecular complexity index is 634. The second-order valence-corrected chi connectivity index (χ2v) is 6.27. The largest absolute Gasteiger partial charge is 0.386 e. The van der Waals surface area contributed by atoms with Crippen molar-refractivity contribution in [3.05, 3.63) is 46.2 Å². The van der Waals surface area contributed by atoms with E-state index in [1.54, 1.807) is 35.9 Å². The van der Waals surface area contributed by atoms with Crippen LogP contribution in [-0.2, 0) is 6.54 Å². The van der Waals surface area contributed by atoms with Gasteiger partial charge in [-0.1, -0.05) is 0 Å². The molecule has 0 saturated heterocycles. The molecule has 0 aliphatic rings. The molecule has 0 bridgehead atoms. The second kappa shape index (κ2) is 10.6. The van der Waals surface area contributed by atoms with Crippen LogP contribution in [0.2, 0.25) is 0 Å². The fraction of sp³-hybridized carbons (Fsp3) is 0.438. The summed E-state index contributed by atoms with van der Waals surface area (Å²) in [6, 6.07) is 3.60. The Morgan fingerprint density at radius 2 is 2.12 bits per heavy atom. The van der Waals surface area contributed by atoms with E-state index in [2.05, 4.69) is 25.7 Å². The number of guanidine groups is 1. The van der Waals surface area contributed by atoms with E-state index < -0.39 is 6.10 Å². The van der Waals surface area contributed by atoms with Crippen LogP contribution >= 0.6 is 35.3 Å². The van der Waals surface area contributed by atoms with Gasteiger partial charge < -0.3 is 15.3 Å². The Kier molecular flexibility index (Phi) is 9.16. The van der Waals surface area contributed by atoms with Crippen molar-refractivity contribution in [2.45, 2.75) is 26.5 Å². The number of aliphatic imine (C=N–C) groups is 1. The fourth-order valence-corrected chi connectivity index (χ4v) is 2.74. The molecule has 6 nitrogen and oxygen atoms in total. The van der Waals surface area contributed by atoms with Crippen molar-refractivity contribution in [2.75, 3.05) is 20.1 Å². The SMILES string of the molecule is CCNC(=NCC(O)c1ccncc1)N(C)Cc1csc(C)n1.I. The van der Waals surface area contributed by atoms with E-state index in [4.69, 9.17) is 0 Å². The fourth-order valence-electron chi connectivity index (χ4n) is 2.13. The number of aromatic nitrogens is 2. The molecule has 2 aromatic rings. The van der Waals surface area contributed by atoms with Gasteiger partial charge in [0.1, 0.15) is 0 Å². The van der Waals surface area contributed by atoms with Gasteiger partial charge >= 0.3 is 0 Å². The highest BCUT2D eigenvalue weighted by Crippen LogP contribution is 2.12. The van der Waals surface area contributed by atoms with Crippen LogP contribution in [0.5, 0.6) is 0 Å². The number of aliphatic hydroxyl groups is 1. The first-order valence-corrected chi connectivity index (χ1v) is 8.46. The van der Waals surface area contributed by atoms with Crippen LogP contribution in [0.1, 0.15) is 29.3 Å². The molecule has 0 saturated carbocycles. The number of hydrogen-bond donors (Lipinski definition) is 2. The second-order valence-electron chi connectivity index (χ2n) is 5.20. The molecule has 132 valence electrons. The quantitative estimate of drug-likeness (QED) is 0.393. The lowest BCUT2D eigenvalue weighted by Gasteiger charge is -2.21. The predicted octanol–water partition coefficient (Wildman–Crippen LogP) is 2.60. The zero-order valence-corrected chi connectivity index (χ0v) is 17.3. The summed E-state index contributed by atoms with van der Waals surface area (Å²) in [6.45, 7) is 5.77. The topological polar surface area (TPSA) is 73.6 Å². The number of hydrogen-bond acceptors (Lipinski definition) is 5. The number of halogens is 1. The highest BCUT2D eigenvalue weighted by Gasteiger charge is 2.11. The maximum atomic E-state index is 10.2. The maximum Gasteiger partial charge on any atom is 0.194 e. The number of pyridine rings is 1. The molecule has 0 aromatic carbocycles. The van der Waals surface area contributed by atoms with Gasteiger partial charge in [-0.3, -0.25) is 9.98 Å². The highest BCUT2D eigenvalue weighted by atomic mass is 127. The number of aryl methyl sites for hydroxylation is 1. The molecule has 0 radical (unpaired) electrons. The smallest absolute Gasteiger partial charge is 0.194 e. The van der Waals surface area contributed by atoms with Crippen molar-refractivity contribution in [1.29, 1.82) is 0 Å². The third-order valence-corrected chi connectivity index (χ3v) is 4.09. The zero-order chi connectivity index (χ0) is 16.7. The van der Waals surface area contributed by atoms with E-state index in [1.165, 1.54) is 0 Å². The molecule has 2 aromatic heterocycles. The molecule has 0 aliphatic heterocycles. The predicted molar refractivity (Wildman–Crippen MR) is 109 cm³/mol. The monoisotopic (exact) mass is 461 g/mol. The molecule has 0 fully saturated rings. The van der Waals surface area contributed by atoms with Crippen molar-refractivity contribution in [3.63, 3.8) is 0 Å². The molecule has 0 spiro atoms. The summed E-state index contributed by atoms with van der Waals surface area (Å²) in [6.07, 6.45) is 2.70. The van der Waals surface area contributed by atoms with Crippen molar-refractivity contribution in [3.8, 4) is 0 Å². The summed E-state index contributed by atoms with van der Waals surface area (Å²) in [4.78, 5) is 15.0. The number of thiazole rings is 1. The first-order valence-electron chi connectivity index (χ1n) is 7.58. The summed E-state index contributed by atoms with van der Waals surface area (Å²) in [5.74, 6) is 0.756. The van der Waals surface area contributed by atoms with E-state index >= 15 is 0 Å². The number of aliphatic hydroxyl groups excluding tert-OH is 1. The van der Waals surface area contributed by atoms with E-state index in [-0.39, 0.29) is 24.0 Å². The molecule has 2 N–H and O–H groups in total. The van der Waals surface area contributed by atoms with E-state index in [0.717, 1.165) is 28.8 Å². The van der Waals surface area contributed by atoms with E-state index in [0.29, 0.717) is 13.1 Å². The highest BCUT2D eigenvalue weighted by molar-refractivity contribution is 14.0. The van der Waals surface area contributed by atoms with Crippen LogP contribution in [0.25, 0.3) is 0 Å². The molecule has 1 atom stereocenters. The summed E-state index contributed by atoms with van der Waals surface area (Å²) in [7, 11) is 1.97. The lowest BCUT2D eigenvalue weighted by atomic mass is 10.1. The number of nitrogens with zero attached hydrogens (tertiary/aromatic N) is 4. The molecular weight excluding hydrogens is 437 g/mol. The van der Waals surface area contributed by atoms with Crippen LogP contribution in [-0.4, -0.2) is 46.1 Å². The standard InChI is InChI=1S/C16H23N5OS.HI/c1-4-18-16(21(3)10-14-11-23-12(2)20-14)19-9-15(22)13-5-7-17-8-6-13;/h5-8,11,15,22H,4,9-10H2,1-3H3,(H,18,19);1H. The van der Waals surface area contributed by atoms with Crippen LogP contribution in [0, 0.1) is 6.92 Å². The average molecular weight is 461 g/mol. The van der Waals surface area contributed by atoms with Gasteiger partial charge in [-0.15, -0.1) is 35.3 Å². The normalized spacial score (nSPS) is 12.4. The van der Waals surface area contributed by atoms with Gasteiger partial charge in [-0.2, -0.15) is 0 Å². The van der Waals surface area contributed by atoms with Gasteiger partial charge in [0, 0.05) is 31.4 Å². The Balaban J connectivity index is 0.00000288. The van der Waals surface area contributed by atoms with Crippen molar-refractivity contribution in [1.82, 2.24) is 20.2 Å². The zero-order valence-electron chi connectivity index (χ0n) is 14.1. The lowest BCUT2D eigenvalue weighted by molar-refractivity contribution is 0.186. The third kappa shape index (κ3) is 6.33. The van der Waals surface area contributed by atoms with Crippen molar-refractivity contribution in [2.24, 2.45) is 4.99 Å². The average Bonchev–Trinajstić information content (AvgIpc) is 2.96. The van der Waals surface area contributed by atoms with Gasteiger partial charge in [-0.25, -0.2) is 4.98 Å². The third-order valence-electron chi connectivity index (χ3n) is 3.27. The Morgan fingerprint density at radius 1 is 1.42 bits per heavy atom. The molecule has 24 heavy (non-hydrogen) atoms. The van der Waals surface area contributed by atoms with Gasteiger partial charge in [0.05, 0.1) is 29.9 Å². The van der Waals surface area contributed by atoms with Gasteiger partial charge in [0.2, 0.25) is 0 Å². The summed E-state index contributed by atoms with van der Waals surface area (Å²) >= 11 is 1.64. The van der Waals surface area contributed by atoms with Crippen LogP contribution in [0.3, 0.4) is 0 Å². The minimum absolute atomic E-state index is 0. The molecule has 0 amide bonds. The number of rotatable bonds is 6. The van der Waals surface area contributed by atoms with Crippen LogP contribution < -0.4 is 5.32 Å². The molecule has 0 aliphatic carbocycles. The molecular formula is C16H24IN5OS. The summed E-state index contributed by atoms with van der Waals surface area (Å²) in [5, 5.41) is 16.6. The van der Waals surface area contributed by atoms with Gasteiger partial charge in [0.25, 0.3) is 0 Å². The Hall–Kier alpha value is -1.26.